The summed E-state index contributed by atoms with van der Waals surface area (Å²) >= 11 is 0. The highest BCUT2D eigenvalue weighted by Crippen LogP contribution is 2.29. The van der Waals surface area contributed by atoms with Gasteiger partial charge in [0.05, 0.1) is 5.56 Å². The number of alkyl halides is 3. The van der Waals surface area contributed by atoms with Crippen LogP contribution in [0.25, 0.3) is 0 Å². The van der Waals surface area contributed by atoms with E-state index in [1.54, 1.807) is 19.3 Å². The number of guanidine groups is 1. The Morgan fingerprint density at radius 2 is 1.69 bits per heavy atom. The van der Waals surface area contributed by atoms with Crippen molar-refractivity contribution in [1.82, 2.24) is 20.5 Å². The Morgan fingerprint density at radius 1 is 1.03 bits per heavy atom. The standard InChI is InChI=1S/C22H29F3N6.HI/c1-3-30-9-11-31(12-10-30)20-14-18(7-8-27-20)16-29-21(26-2)28-15-17-5-4-6-19(13-17)22(23,24)25;/h4-8,13-14H,3,9-12,15-16H2,1-2H3,(H2,26,28,29);1H. The van der Waals surface area contributed by atoms with Gasteiger partial charge in [0.25, 0.3) is 0 Å². The van der Waals surface area contributed by atoms with Gasteiger partial charge in [-0.25, -0.2) is 4.98 Å². The fourth-order valence-electron chi connectivity index (χ4n) is 3.49. The summed E-state index contributed by atoms with van der Waals surface area (Å²) in [5, 5.41) is 6.27. The first kappa shape index (κ1) is 26.2. The zero-order valence-corrected chi connectivity index (χ0v) is 20.7. The number of pyridine rings is 1. The molecule has 0 aliphatic carbocycles. The molecule has 0 unspecified atom stereocenters. The second-order valence-corrected chi connectivity index (χ2v) is 7.42. The maximum Gasteiger partial charge on any atom is 0.416 e. The Morgan fingerprint density at radius 3 is 2.28 bits per heavy atom. The first-order valence-corrected chi connectivity index (χ1v) is 10.4. The zero-order valence-electron chi connectivity index (χ0n) is 18.3. The largest absolute Gasteiger partial charge is 0.416 e. The van der Waals surface area contributed by atoms with E-state index in [9.17, 15) is 13.2 Å². The van der Waals surface area contributed by atoms with Gasteiger partial charge < -0.3 is 20.4 Å². The number of hydrogen-bond donors (Lipinski definition) is 2. The second kappa shape index (κ2) is 12.2. The number of likely N-dealkylation sites (N-methyl/N-ethyl adjacent to an activating group) is 1. The molecule has 0 atom stereocenters. The van der Waals surface area contributed by atoms with Gasteiger partial charge >= 0.3 is 6.18 Å². The van der Waals surface area contributed by atoms with E-state index in [1.807, 2.05) is 6.07 Å². The zero-order chi connectivity index (χ0) is 22.3. The van der Waals surface area contributed by atoms with Crippen LogP contribution >= 0.6 is 24.0 Å². The molecule has 1 fully saturated rings. The molecule has 1 aliphatic heterocycles. The molecule has 176 valence electrons. The number of aromatic nitrogens is 1. The first-order chi connectivity index (χ1) is 14.9. The summed E-state index contributed by atoms with van der Waals surface area (Å²) < 4.78 is 38.6. The van der Waals surface area contributed by atoms with Crippen molar-refractivity contribution in [2.24, 2.45) is 4.99 Å². The molecule has 2 heterocycles. The Bertz CT molecular complexity index is 882. The first-order valence-electron chi connectivity index (χ1n) is 10.4. The average Bonchev–Trinajstić information content (AvgIpc) is 2.79. The normalized spacial score (nSPS) is 15.3. The molecule has 1 aromatic heterocycles. The lowest BCUT2D eigenvalue weighted by Gasteiger charge is -2.34. The van der Waals surface area contributed by atoms with Gasteiger partial charge in [-0.15, -0.1) is 24.0 Å². The number of anilines is 1. The predicted molar refractivity (Wildman–Crippen MR) is 132 cm³/mol. The highest BCUT2D eigenvalue weighted by molar-refractivity contribution is 14.0. The molecule has 3 rings (SSSR count). The molecule has 0 saturated carbocycles. The minimum Gasteiger partial charge on any atom is -0.354 e. The maximum atomic E-state index is 12.9. The Balaban J connectivity index is 0.00000363. The van der Waals surface area contributed by atoms with Crippen molar-refractivity contribution >= 4 is 35.8 Å². The quantitative estimate of drug-likeness (QED) is 0.320. The number of nitrogens with zero attached hydrogens (tertiary/aromatic N) is 4. The van der Waals surface area contributed by atoms with Gasteiger partial charge in [-0.05, 0) is 41.9 Å². The van der Waals surface area contributed by atoms with Crippen LogP contribution in [0.2, 0.25) is 0 Å². The fourth-order valence-corrected chi connectivity index (χ4v) is 3.49. The van der Waals surface area contributed by atoms with Crippen molar-refractivity contribution in [3.8, 4) is 0 Å². The van der Waals surface area contributed by atoms with Gasteiger partial charge in [0, 0.05) is 52.5 Å². The monoisotopic (exact) mass is 562 g/mol. The van der Waals surface area contributed by atoms with Crippen molar-refractivity contribution in [1.29, 1.82) is 0 Å². The van der Waals surface area contributed by atoms with Crippen LogP contribution in [-0.2, 0) is 19.3 Å². The van der Waals surface area contributed by atoms with Crippen molar-refractivity contribution in [3.63, 3.8) is 0 Å². The summed E-state index contributed by atoms with van der Waals surface area (Å²) in [6.07, 6.45) is -2.55. The van der Waals surface area contributed by atoms with E-state index in [4.69, 9.17) is 0 Å². The Labute approximate surface area is 204 Å². The van der Waals surface area contributed by atoms with Crippen LogP contribution in [0.4, 0.5) is 19.0 Å². The van der Waals surface area contributed by atoms with Gasteiger partial charge in [0.2, 0.25) is 0 Å². The molecule has 0 spiro atoms. The second-order valence-electron chi connectivity index (χ2n) is 7.42. The van der Waals surface area contributed by atoms with Crippen molar-refractivity contribution in [3.05, 3.63) is 59.3 Å². The van der Waals surface area contributed by atoms with E-state index in [0.717, 1.165) is 56.2 Å². The number of hydrogen-bond acceptors (Lipinski definition) is 4. The molecular weight excluding hydrogens is 532 g/mol. The molecule has 1 aliphatic rings. The highest BCUT2D eigenvalue weighted by Gasteiger charge is 2.30. The van der Waals surface area contributed by atoms with Crippen LogP contribution in [-0.4, -0.2) is 55.6 Å². The van der Waals surface area contributed by atoms with Crippen LogP contribution in [0.3, 0.4) is 0 Å². The van der Waals surface area contributed by atoms with E-state index < -0.39 is 11.7 Å². The molecule has 2 aromatic rings. The predicted octanol–water partition coefficient (Wildman–Crippen LogP) is 3.73. The minimum absolute atomic E-state index is 0. The van der Waals surface area contributed by atoms with E-state index in [1.165, 1.54) is 6.07 Å². The number of aliphatic imine (C=N–C) groups is 1. The summed E-state index contributed by atoms with van der Waals surface area (Å²) in [6.45, 7) is 8.00. The lowest BCUT2D eigenvalue weighted by Crippen LogP contribution is -2.46. The van der Waals surface area contributed by atoms with E-state index in [2.05, 4.69) is 43.4 Å². The number of rotatable bonds is 6. The smallest absolute Gasteiger partial charge is 0.354 e. The molecule has 6 nitrogen and oxygen atoms in total. The lowest BCUT2D eigenvalue weighted by atomic mass is 10.1. The third-order valence-electron chi connectivity index (χ3n) is 5.35. The molecule has 1 saturated heterocycles. The van der Waals surface area contributed by atoms with Gasteiger partial charge in [-0.2, -0.15) is 13.2 Å². The SMILES string of the molecule is CCN1CCN(c2cc(CNC(=NC)NCc3cccc(C(F)(F)F)c3)ccn2)CC1.I. The molecule has 0 amide bonds. The molecule has 0 radical (unpaired) electrons. The van der Waals surface area contributed by atoms with Gasteiger partial charge in [0.1, 0.15) is 5.82 Å². The van der Waals surface area contributed by atoms with Crippen molar-refractivity contribution in [2.45, 2.75) is 26.2 Å². The maximum absolute atomic E-state index is 12.9. The number of halogens is 4. The van der Waals surface area contributed by atoms with Gasteiger partial charge in [-0.1, -0.05) is 19.1 Å². The number of nitrogens with one attached hydrogen (secondary N) is 2. The van der Waals surface area contributed by atoms with Crippen LogP contribution in [0.15, 0.2) is 47.6 Å². The number of piperazine rings is 1. The summed E-state index contributed by atoms with van der Waals surface area (Å²) in [6, 6.07) is 9.29. The molecule has 1 aromatic carbocycles. The number of benzene rings is 1. The van der Waals surface area contributed by atoms with Crippen LogP contribution in [0, 0.1) is 0 Å². The van der Waals surface area contributed by atoms with Gasteiger partial charge in [-0.3, -0.25) is 4.99 Å². The third kappa shape index (κ3) is 7.51. The molecule has 2 N–H and O–H groups in total. The minimum atomic E-state index is -4.35. The summed E-state index contributed by atoms with van der Waals surface area (Å²) in [7, 11) is 1.63. The summed E-state index contributed by atoms with van der Waals surface area (Å²) in [5.74, 6) is 1.48. The highest BCUT2D eigenvalue weighted by atomic mass is 127. The topological polar surface area (TPSA) is 55.8 Å². The summed E-state index contributed by atoms with van der Waals surface area (Å²) in [5.41, 5.74) is 0.943. The summed E-state index contributed by atoms with van der Waals surface area (Å²) in [4.78, 5) is 13.4. The molecular formula is C22H30F3IN6. The molecule has 32 heavy (non-hydrogen) atoms. The van der Waals surface area contributed by atoms with Crippen LogP contribution in [0.1, 0.15) is 23.6 Å². The van der Waals surface area contributed by atoms with Crippen LogP contribution in [0.5, 0.6) is 0 Å². The van der Waals surface area contributed by atoms with E-state index in [-0.39, 0.29) is 30.5 Å². The fraction of sp³-hybridized carbons (Fsp3) is 0.455. The van der Waals surface area contributed by atoms with E-state index in [0.29, 0.717) is 18.1 Å². The average molecular weight is 562 g/mol. The molecule has 10 heteroatoms. The Hall–Kier alpha value is -2.08. The molecule has 0 bridgehead atoms. The van der Waals surface area contributed by atoms with Gasteiger partial charge in [0.15, 0.2) is 5.96 Å². The Kier molecular flexibility index (Phi) is 10.0. The van der Waals surface area contributed by atoms with Crippen LogP contribution < -0.4 is 15.5 Å². The van der Waals surface area contributed by atoms with Crippen molar-refractivity contribution < 1.29 is 13.2 Å². The van der Waals surface area contributed by atoms with E-state index >= 15 is 0 Å². The lowest BCUT2D eigenvalue weighted by molar-refractivity contribution is -0.137. The van der Waals surface area contributed by atoms with Crippen molar-refractivity contribution in [2.75, 3.05) is 44.7 Å². The third-order valence-corrected chi connectivity index (χ3v) is 5.35.